The third-order valence-electron chi connectivity index (χ3n) is 3.93. The molecule has 0 saturated heterocycles. The van der Waals surface area contributed by atoms with Gasteiger partial charge in [-0.1, -0.05) is 6.92 Å². The molecule has 2 heterocycles. The SMILES string of the molecule is C[C@H]1c2c(C(F)(F)F)ncc(-c3cncc(F)c3)c2[C@@H](F)[C@H]1F. The lowest BCUT2D eigenvalue weighted by molar-refractivity contribution is -0.142. The fraction of sp³-hybridized carbons (Fsp3) is 0.333. The minimum Gasteiger partial charge on any atom is -0.261 e. The molecule has 0 aromatic carbocycles. The molecule has 8 heteroatoms. The van der Waals surface area contributed by atoms with Crippen molar-refractivity contribution in [3.05, 3.63) is 47.3 Å². The van der Waals surface area contributed by atoms with Gasteiger partial charge in [0.2, 0.25) is 0 Å². The molecule has 2 nitrogen and oxygen atoms in total. The van der Waals surface area contributed by atoms with Crippen LogP contribution in [-0.2, 0) is 6.18 Å². The zero-order chi connectivity index (χ0) is 16.9. The maximum absolute atomic E-state index is 14.3. The fourth-order valence-electron chi connectivity index (χ4n) is 2.89. The summed E-state index contributed by atoms with van der Waals surface area (Å²) in [7, 11) is 0. The van der Waals surface area contributed by atoms with Crippen molar-refractivity contribution in [3.8, 4) is 11.1 Å². The van der Waals surface area contributed by atoms with Crippen LogP contribution in [-0.4, -0.2) is 16.1 Å². The van der Waals surface area contributed by atoms with Gasteiger partial charge in [0.15, 0.2) is 6.17 Å². The minimum absolute atomic E-state index is 0.0476. The van der Waals surface area contributed by atoms with Crippen LogP contribution in [0.1, 0.15) is 35.8 Å². The van der Waals surface area contributed by atoms with Crippen molar-refractivity contribution in [3.63, 3.8) is 0 Å². The number of alkyl halides is 5. The Hall–Kier alpha value is -2.12. The van der Waals surface area contributed by atoms with Crippen LogP contribution in [0.4, 0.5) is 26.3 Å². The largest absolute Gasteiger partial charge is 0.433 e. The number of pyridine rings is 2. The Labute approximate surface area is 127 Å². The third kappa shape index (κ3) is 2.46. The maximum atomic E-state index is 14.3. The number of hydrogen-bond acceptors (Lipinski definition) is 2. The van der Waals surface area contributed by atoms with Gasteiger partial charge >= 0.3 is 6.18 Å². The van der Waals surface area contributed by atoms with E-state index in [1.54, 1.807) is 0 Å². The molecule has 0 saturated carbocycles. The van der Waals surface area contributed by atoms with E-state index in [0.717, 1.165) is 24.7 Å². The molecule has 2 aromatic rings. The minimum atomic E-state index is -4.83. The first kappa shape index (κ1) is 15.8. The van der Waals surface area contributed by atoms with Crippen LogP contribution in [0.3, 0.4) is 0 Å². The average molecular weight is 332 g/mol. The van der Waals surface area contributed by atoms with E-state index in [-0.39, 0.29) is 11.1 Å². The van der Waals surface area contributed by atoms with Crippen LogP contribution in [0, 0.1) is 5.82 Å². The van der Waals surface area contributed by atoms with Gasteiger partial charge in [-0.05, 0) is 11.6 Å². The number of rotatable bonds is 1. The normalized spacial score (nSPS) is 23.9. The van der Waals surface area contributed by atoms with E-state index in [9.17, 15) is 26.3 Å². The van der Waals surface area contributed by atoms with Gasteiger partial charge in [-0.2, -0.15) is 13.2 Å². The Kier molecular flexibility index (Phi) is 3.57. The summed E-state index contributed by atoms with van der Waals surface area (Å²) in [6.45, 7) is 1.17. The van der Waals surface area contributed by atoms with Crippen molar-refractivity contribution in [2.45, 2.75) is 31.4 Å². The number of halogens is 6. The van der Waals surface area contributed by atoms with Crippen molar-refractivity contribution in [1.29, 1.82) is 0 Å². The first-order valence-electron chi connectivity index (χ1n) is 6.71. The number of nitrogens with zero attached hydrogens (tertiary/aromatic N) is 2. The van der Waals surface area contributed by atoms with Gasteiger partial charge < -0.3 is 0 Å². The van der Waals surface area contributed by atoms with E-state index in [4.69, 9.17) is 0 Å². The molecular weight excluding hydrogens is 322 g/mol. The van der Waals surface area contributed by atoms with Gasteiger partial charge in [-0.3, -0.25) is 9.97 Å². The van der Waals surface area contributed by atoms with E-state index >= 15 is 0 Å². The topological polar surface area (TPSA) is 25.8 Å². The summed E-state index contributed by atoms with van der Waals surface area (Å²) in [5, 5.41) is 0. The van der Waals surface area contributed by atoms with Crippen molar-refractivity contribution in [2.75, 3.05) is 0 Å². The Morgan fingerprint density at radius 3 is 2.35 bits per heavy atom. The molecule has 0 radical (unpaired) electrons. The van der Waals surface area contributed by atoms with E-state index in [1.807, 2.05) is 0 Å². The van der Waals surface area contributed by atoms with Gasteiger partial charge in [-0.15, -0.1) is 0 Å². The molecule has 1 aliphatic rings. The lowest BCUT2D eigenvalue weighted by Gasteiger charge is -2.16. The van der Waals surface area contributed by atoms with Crippen LogP contribution in [0.2, 0.25) is 0 Å². The summed E-state index contributed by atoms with van der Waals surface area (Å²) in [6.07, 6.45) is -6.33. The highest BCUT2D eigenvalue weighted by Gasteiger charge is 2.48. The van der Waals surface area contributed by atoms with E-state index in [2.05, 4.69) is 9.97 Å². The molecule has 0 unspecified atom stereocenters. The predicted molar refractivity (Wildman–Crippen MR) is 69.6 cm³/mol. The number of aromatic nitrogens is 2. The first-order chi connectivity index (χ1) is 10.7. The van der Waals surface area contributed by atoms with Crippen molar-refractivity contribution in [1.82, 2.24) is 9.97 Å². The number of hydrogen-bond donors (Lipinski definition) is 0. The lowest BCUT2D eigenvalue weighted by Crippen LogP contribution is -2.14. The van der Waals surface area contributed by atoms with Crippen molar-refractivity contribution >= 4 is 0 Å². The van der Waals surface area contributed by atoms with E-state index in [0.29, 0.717) is 0 Å². The highest BCUT2D eigenvalue weighted by atomic mass is 19.4. The highest BCUT2D eigenvalue weighted by molar-refractivity contribution is 5.70. The van der Waals surface area contributed by atoms with Crippen LogP contribution in [0.15, 0.2) is 24.7 Å². The molecule has 3 rings (SSSR count). The van der Waals surface area contributed by atoms with E-state index in [1.165, 1.54) is 6.92 Å². The Balaban J connectivity index is 2.30. The summed E-state index contributed by atoms with van der Waals surface area (Å²) in [5.41, 5.74) is -2.29. The van der Waals surface area contributed by atoms with Crippen LogP contribution < -0.4 is 0 Å². The molecule has 0 aliphatic heterocycles. The average Bonchev–Trinajstić information content (AvgIpc) is 2.71. The molecule has 0 bridgehead atoms. The van der Waals surface area contributed by atoms with Gasteiger partial charge in [0, 0.05) is 35.0 Å². The summed E-state index contributed by atoms with van der Waals surface area (Å²) in [6, 6.07) is 0.987. The maximum Gasteiger partial charge on any atom is 0.433 e. The molecule has 2 aromatic heterocycles. The molecule has 0 fully saturated rings. The van der Waals surface area contributed by atoms with E-state index < -0.39 is 47.1 Å². The van der Waals surface area contributed by atoms with Gasteiger partial charge in [0.1, 0.15) is 17.7 Å². The first-order valence-corrected chi connectivity index (χ1v) is 6.71. The molecule has 0 amide bonds. The standard InChI is InChI=1S/C15H10F6N2/c1-6-10-11(13(18)12(6)17)9(5-23-14(10)15(19,20)21)7-2-8(16)4-22-3-7/h2-6,12-13H,1H3/t6-,12-,13+/m0/s1. The summed E-state index contributed by atoms with van der Waals surface area (Å²) in [4.78, 5) is 6.92. The second-order valence-corrected chi connectivity index (χ2v) is 5.37. The molecular formula is C15H10F6N2. The Morgan fingerprint density at radius 2 is 1.74 bits per heavy atom. The zero-order valence-corrected chi connectivity index (χ0v) is 11.7. The number of fused-ring (bicyclic) bond motifs is 1. The summed E-state index contributed by atoms with van der Waals surface area (Å²) < 4.78 is 80.8. The lowest BCUT2D eigenvalue weighted by atomic mass is 9.95. The molecule has 3 atom stereocenters. The quantitative estimate of drug-likeness (QED) is 0.703. The monoisotopic (exact) mass is 332 g/mol. The Bertz CT molecular complexity index is 758. The van der Waals surface area contributed by atoms with Gasteiger partial charge in [0.05, 0.1) is 6.20 Å². The molecule has 23 heavy (non-hydrogen) atoms. The molecule has 0 spiro atoms. The van der Waals surface area contributed by atoms with Crippen LogP contribution in [0.25, 0.3) is 11.1 Å². The third-order valence-corrected chi connectivity index (χ3v) is 3.93. The molecule has 0 N–H and O–H groups in total. The predicted octanol–water partition coefficient (Wildman–Crippen LogP) is 4.77. The second kappa shape index (κ2) is 5.21. The molecule has 122 valence electrons. The van der Waals surface area contributed by atoms with Crippen LogP contribution >= 0.6 is 0 Å². The van der Waals surface area contributed by atoms with Crippen molar-refractivity contribution < 1.29 is 26.3 Å². The fourth-order valence-corrected chi connectivity index (χ4v) is 2.89. The highest BCUT2D eigenvalue weighted by Crippen LogP contribution is 2.51. The van der Waals surface area contributed by atoms with Gasteiger partial charge in [0.25, 0.3) is 0 Å². The smallest absolute Gasteiger partial charge is 0.261 e. The summed E-state index contributed by atoms with van der Waals surface area (Å²) in [5.74, 6) is -2.04. The van der Waals surface area contributed by atoms with Gasteiger partial charge in [-0.25, -0.2) is 13.2 Å². The molecule has 1 aliphatic carbocycles. The second-order valence-electron chi connectivity index (χ2n) is 5.37. The Morgan fingerprint density at radius 1 is 1.04 bits per heavy atom. The van der Waals surface area contributed by atoms with Crippen molar-refractivity contribution in [2.24, 2.45) is 0 Å². The zero-order valence-electron chi connectivity index (χ0n) is 11.7. The summed E-state index contributed by atoms with van der Waals surface area (Å²) >= 11 is 0. The van der Waals surface area contributed by atoms with Crippen LogP contribution in [0.5, 0.6) is 0 Å².